The molecule has 0 saturated heterocycles. The third-order valence-corrected chi connectivity index (χ3v) is 4.55. The van der Waals surface area contributed by atoms with Gasteiger partial charge in [0.25, 0.3) is 5.56 Å². The summed E-state index contributed by atoms with van der Waals surface area (Å²) in [7, 11) is 0. The first kappa shape index (κ1) is 19.0. The Balaban J connectivity index is 2.24. The molecule has 0 aliphatic carbocycles. The summed E-state index contributed by atoms with van der Waals surface area (Å²) in [5.41, 5.74) is -0.692. The van der Waals surface area contributed by atoms with Crippen molar-refractivity contribution in [1.29, 1.82) is 5.26 Å². The number of halogens is 3. The zero-order valence-corrected chi connectivity index (χ0v) is 15.7. The van der Waals surface area contributed by atoms with Gasteiger partial charge in [0.15, 0.2) is 5.78 Å². The van der Waals surface area contributed by atoms with Crippen LogP contribution >= 0.6 is 34.8 Å². The molecule has 1 N–H and O–H groups in total. The molecule has 3 aromatic rings. The third-order valence-electron chi connectivity index (χ3n) is 3.77. The molecule has 3 rings (SSSR count). The van der Waals surface area contributed by atoms with E-state index in [0.717, 1.165) is 10.6 Å². The Morgan fingerprint density at radius 2 is 1.70 bits per heavy atom. The van der Waals surface area contributed by atoms with Crippen LogP contribution in [0.15, 0.2) is 53.5 Å². The van der Waals surface area contributed by atoms with Crippen molar-refractivity contribution in [3.63, 3.8) is 0 Å². The highest BCUT2D eigenvalue weighted by Crippen LogP contribution is 2.26. The fraction of sp³-hybridized carbons (Fsp3) is 0. The molecule has 1 heterocycles. The summed E-state index contributed by atoms with van der Waals surface area (Å²) in [5, 5.41) is 20.0. The maximum absolute atomic E-state index is 12.8. The van der Waals surface area contributed by atoms with Gasteiger partial charge in [0.2, 0.25) is 0 Å². The van der Waals surface area contributed by atoms with Crippen LogP contribution in [0.5, 0.6) is 5.75 Å². The lowest BCUT2D eigenvalue weighted by Gasteiger charge is -2.11. The standard InChI is InChI=1S/C19H9Cl3N2O3/c20-12-2-4-17(25)14(6-12)18(26)11-5-10(8-23)19(27)24(9-11)16-3-1-13(21)7-15(16)22/h1-7,9,25H. The van der Waals surface area contributed by atoms with E-state index in [9.17, 15) is 20.0 Å². The Bertz CT molecular complexity index is 1180. The number of rotatable bonds is 3. The van der Waals surface area contributed by atoms with E-state index in [4.69, 9.17) is 34.8 Å². The minimum Gasteiger partial charge on any atom is -0.507 e. The van der Waals surface area contributed by atoms with E-state index in [1.165, 1.54) is 42.6 Å². The number of hydrogen-bond acceptors (Lipinski definition) is 4. The topological polar surface area (TPSA) is 83.1 Å². The average molecular weight is 420 g/mol. The normalized spacial score (nSPS) is 10.4. The van der Waals surface area contributed by atoms with Gasteiger partial charge in [0.05, 0.1) is 16.3 Å². The first-order valence-corrected chi connectivity index (χ1v) is 8.60. The highest BCUT2D eigenvalue weighted by atomic mass is 35.5. The molecule has 0 bridgehead atoms. The lowest BCUT2D eigenvalue weighted by atomic mass is 10.0. The largest absolute Gasteiger partial charge is 0.507 e. The lowest BCUT2D eigenvalue weighted by molar-refractivity contribution is 0.103. The van der Waals surface area contributed by atoms with Crippen LogP contribution in [0.4, 0.5) is 0 Å². The molecule has 8 heteroatoms. The summed E-state index contributed by atoms with van der Waals surface area (Å²) in [6.45, 7) is 0. The van der Waals surface area contributed by atoms with Gasteiger partial charge in [-0.3, -0.25) is 14.2 Å². The zero-order chi connectivity index (χ0) is 19.7. The summed E-state index contributed by atoms with van der Waals surface area (Å²) in [4.78, 5) is 25.4. The van der Waals surface area contributed by atoms with E-state index < -0.39 is 11.3 Å². The highest BCUT2D eigenvalue weighted by molar-refractivity contribution is 6.35. The van der Waals surface area contributed by atoms with Crippen LogP contribution in [0.2, 0.25) is 15.1 Å². The third kappa shape index (κ3) is 3.69. The number of ketones is 1. The van der Waals surface area contributed by atoms with Crippen LogP contribution in [0.1, 0.15) is 21.5 Å². The quantitative estimate of drug-likeness (QED) is 0.629. The maximum atomic E-state index is 12.8. The second-order valence-corrected chi connectivity index (χ2v) is 6.80. The summed E-state index contributed by atoms with van der Waals surface area (Å²) >= 11 is 17.9. The molecule has 2 aromatic carbocycles. The number of aromatic nitrogens is 1. The van der Waals surface area contributed by atoms with E-state index in [-0.39, 0.29) is 38.2 Å². The summed E-state index contributed by atoms with van der Waals surface area (Å²) in [6, 6.07) is 11.4. The van der Waals surface area contributed by atoms with Crippen LogP contribution in [-0.2, 0) is 0 Å². The van der Waals surface area contributed by atoms with Crippen molar-refractivity contribution < 1.29 is 9.90 Å². The SMILES string of the molecule is N#Cc1cc(C(=O)c2cc(Cl)ccc2O)cn(-c2ccc(Cl)cc2Cl)c1=O. The minimum absolute atomic E-state index is 0.00901. The van der Waals surface area contributed by atoms with Crippen LogP contribution in [0.25, 0.3) is 5.69 Å². The van der Waals surface area contributed by atoms with Crippen LogP contribution in [0.3, 0.4) is 0 Å². The Morgan fingerprint density at radius 1 is 1.04 bits per heavy atom. The molecule has 0 aliphatic rings. The van der Waals surface area contributed by atoms with Gasteiger partial charge >= 0.3 is 0 Å². The van der Waals surface area contributed by atoms with Crippen molar-refractivity contribution in [2.75, 3.05) is 0 Å². The number of pyridine rings is 1. The first-order valence-electron chi connectivity index (χ1n) is 7.47. The minimum atomic E-state index is -0.645. The number of carbonyl (C=O) groups is 1. The van der Waals surface area contributed by atoms with Crippen molar-refractivity contribution >= 4 is 40.6 Å². The smallest absolute Gasteiger partial charge is 0.273 e. The number of benzene rings is 2. The fourth-order valence-electron chi connectivity index (χ4n) is 2.49. The predicted octanol–water partition coefficient (Wildman–Crippen LogP) is 4.61. The molecule has 27 heavy (non-hydrogen) atoms. The van der Waals surface area contributed by atoms with Crippen molar-refractivity contribution in [1.82, 2.24) is 4.57 Å². The molecule has 134 valence electrons. The van der Waals surface area contributed by atoms with Crippen molar-refractivity contribution in [3.8, 4) is 17.5 Å². The first-order chi connectivity index (χ1) is 12.8. The number of phenols is 1. The van der Waals surface area contributed by atoms with Gasteiger partial charge in [0.1, 0.15) is 17.4 Å². The Labute approximate surface area is 168 Å². The van der Waals surface area contributed by atoms with Gasteiger partial charge in [-0.2, -0.15) is 5.26 Å². The van der Waals surface area contributed by atoms with Gasteiger partial charge in [-0.05, 0) is 42.5 Å². The molecule has 0 amide bonds. The number of carbonyl (C=O) groups excluding carboxylic acids is 1. The number of aromatic hydroxyl groups is 1. The van der Waals surface area contributed by atoms with E-state index in [0.29, 0.717) is 5.02 Å². The average Bonchev–Trinajstić information content (AvgIpc) is 2.64. The van der Waals surface area contributed by atoms with Gasteiger partial charge in [0, 0.05) is 21.8 Å². The molecule has 0 fully saturated rings. The molecule has 0 saturated carbocycles. The van der Waals surface area contributed by atoms with Gasteiger partial charge < -0.3 is 5.11 Å². The second-order valence-electron chi connectivity index (χ2n) is 5.52. The second kappa shape index (κ2) is 7.45. The number of nitriles is 1. The maximum Gasteiger partial charge on any atom is 0.273 e. The van der Waals surface area contributed by atoms with Crippen molar-refractivity contribution in [3.05, 3.63) is 90.8 Å². The van der Waals surface area contributed by atoms with E-state index in [1.54, 1.807) is 6.07 Å². The Morgan fingerprint density at radius 3 is 2.37 bits per heavy atom. The molecule has 1 aromatic heterocycles. The monoisotopic (exact) mass is 418 g/mol. The summed E-state index contributed by atoms with van der Waals surface area (Å²) < 4.78 is 1.09. The number of nitrogens with zero attached hydrogens (tertiary/aromatic N) is 2. The van der Waals surface area contributed by atoms with E-state index in [1.807, 2.05) is 0 Å². The zero-order valence-electron chi connectivity index (χ0n) is 13.4. The van der Waals surface area contributed by atoms with Gasteiger partial charge in [-0.15, -0.1) is 0 Å². The number of hydrogen-bond donors (Lipinski definition) is 1. The van der Waals surface area contributed by atoms with Gasteiger partial charge in [-0.1, -0.05) is 34.8 Å². The van der Waals surface area contributed by atoms with Crippen LogP contribution in [-0.4, -0.2) is 15.5 Å². The van der Waals surface area contributed by atoms with E-state index in [2.05, 4.69) is 0 Å². The molecular weight excluding hydrogens is 411 g/mol. The molecule has 0 aliphatic heterocycles. The number of phenolic OH excluding ortho intramolecular Hbond substituents is 1. The Kier molecular flexibility index (Phi) is 5.24. The van der Waals surface area contributed by atoms with Crippen LogP contribution in [0, 0.1) is 11.3 Å². The molecule has 0 atom stereocenters. The lowest BCUT2D eigenvalue weighted by Crippen LogP contribution is -2.23. The van der Waals surface area contributed by atoms with Crippen molar-refractivity contribution in [2.24, 2.45) is 0 Å². The highest BCUT2D eigenvalue weighted by Gasteiger charge is 2.19. The fourth-order valence-corrected chi connectivity index (χ4v) is 3.16. The molecule has 5 nitrogen and oxygen atoms in total. The molecular formula is C19H9Cl3N2O3. The van der Waals surface area contributed by atoms with E-state index >= 15 is 0 Å². The van der Waals surface area contributed by atoms with Gasteiger partial charge in [-0.25, -0.2) is 0 Å². The summed E-state index contributed by atoms with van der Waals surface area (Å²) in [6.07, 6.45) is 1.25. The Hall–Kier alpha value is -2.78. The molecule has 0 unspecified atom stereocenters. The van der Waals surface area contributed by atoms with Crippen LogP contribution < -0.4 is 5.56 Å². The molecule has 0 radical (unpaired) electrons. The predicted molar refractivity (Wildman–Crippen MR) is 103 cm³/mol. The van der Waals surface area contributed by atoms with Crippen molar-refractivity contribution in [2.45, 2.75) is 0 Å². The molecule has 0 spiro atoms. The summed E-state index contributed by atoms with van der Waals surface area (Å²) in [5.74, 6) is -0.879.